The van der Waals surface area contributed by atoms with Gasteiger partial charge in [-0.05, 0) is 0 Å². The van der Waals surface area contributed by atoms with E-state index in [9.17, 15) is 8.63 Å². The maximum absolute atomic E-state index is 13.1. The molecular weight excluding hydrogens is 355 g/mol. The van der Waals surface area contributed by atoms with Crippen LogP contribution in [-0.4, -0.2) is 26.7 Å². The Morgan fingerprint density at radius 3 is 2.83 bits per heavy atom. The fraction of sp³-hybridized carbons (Fsp3) is 0.526. The molecule has 0 N–H and O–H groups in total. The second-order valence-electron chi connectivity index (χ2n) is 6.92. The molecule has 0 amide bonds. The fourth-order valence-corrected chi connectivity index (χ4v) is 9.21. The first kappa shape index (κ1) is 15.3. The molecule has 0 saturated carbocycles. The minimum absolute atomic E-state index is 0.192. The number of allylic oxidation sites excluding steroid dienone is 2. The van der Waals surface area contributed by atoms with Crippen LogP contribution in [0, 0.1) is 11.8 Å². The monoisotopic (exact) mass is 378 g/mol. The van der Waals surface area contributed by atoms with Crippen molar-refractivity contribution in [1.82, 2.24) is 0 Å². The van der Waals surface area contributed by atoms with E-state index < -0.39 is 13.8 Å². The van der Waals surface area contributed by atoms with E-state index in [0.717, 1.165) is 37.0 Å². The van der Waals surface area contributed by atoms with Gasteiger partial charge in [-0.25, -0.2) is 0 Å². The van der Waals surface area contributed by atoms with Crippen LogP contribution in [0.2, 0.25) is 5.32 Å². The zero-order valence-corrected chi connectivity index (χ0v) is 15.3. The van der Waals surface area contributed by atoms with Gasteiger partial charge in [0, 0.05) is 0 Å². The number of Topliss-reactive ketones (excluding diaryl/α,β-unsaturated/α-hetero) is 1. The molecule has 1 fully saturated rings. The van der Waals surface area contributed by atoms with Crippen molar-refractivity contribution < 1.29 is 13.4 Å². The van der Waals surface area contributed by atoms with Crippen molar-refractivity contribution in [2.24, 2.45) is 11.8 Å². The van der Waals surface area contributed by atoms with Gasteiger partial charge in [0.05, 0.1) is 0 Å². The van der Waals surface area contributed by atoms with Crippen LogP contribution in [0.3, 0.4) is 0 Å². The summed E-state index contributed by atoms with van der Waals surface area (Å²) >= 11 is -2.02. The van der Waals surface area contributed by atoms with Crippen LogP contribution in [0.5, 0.6) is 5.75 Å². The van der Waals surface area contributed by atoms with E-state index in [-0.39, 0.29) is 10.6 Å². The van der Waals surface area contributed by atoms with Gasteiger partial charge >= 0.3 is 141 Å². The molecular formula is C19H22O3Se. The Hall–Kier alpha value is -1.25. The minimum atomic E-state index is -2.02. The molecule has 1 aromatic rings. The van der Waals surface area contributed by atoms with Crippen molar-refractivity contribution in [3.63, 3.8) is 0 Å². The summed E-state index contributed by atoms with van der Waals surface area (Å²) in [4.78, 5) is 12.1. The van der Waals surface area contributed by atoms with E-state index in [1.807, 2.05) is 6.07 Å². The summed E-state index contributed by atoms with van der Waals surface area (Å²) in [6, 6.07) is 6.26. The summed E-state index contributed by atoms with van der Waals surface area (Å²) in [5, 5.41) is 0.678. The molecule has 3 aliphatic rings. The molecule has 0 radical (unpaired) electrons. The maximum atomic E-state index is 13.1. The quantitative estimate of drug-likeness (QED) is 0.740. The first-order chi connectivity index (χ1) is 11.1. The van der Waals surface area contributed by atoms with Crippen LogP contribution < -0.4 is 4.74 Å². The van der Waals surface area contributed by atoms with Gasteiger partial charge in [0.2, 0.25) is 0 Å². The van der Waals surface area contributed by atoms with Gasteiger partial charge in [-0.15, -0.1) is 0 Å². The van der Waals surface area contributed by atoms with Gasteiger partial charge in [-0.3, -0.25) is 0 Å². The van der Waals surface area contributed by atoms with Crippen molar-refractivity contribution in [2.45, 2.75) is 42.7 Å². The molecule has 0 spiro atoms. The number of rotatable bonds is 2. The zero-order valence-electron chi connectivity index (χ0n) is 13.6. The molecule has 122 valence electrons. The molecule has 1 unspecified atom stereocenters. The molecule has 23 heavy (non-hydrogen) atoms. The van der Waals surface area contributed by atoms with Crippen molar-refractivity contribution in [3.05, 3.63) is 40.5 Å². The number of carbonyl (C=O) groups is 1. The topological polar surface area (TPSA) is 43.4 Å². The molecule has 4 atom stereocenters. The van der Waals surface area contributed by atoms with Crippen LogP contribution in [0.15, 0.2) is 29.3 Å². The molecule has 4 rings (SSSR count). The third-order valence-electron chi connectivity index (χ3n) is 5.86. The van der Waals surface area contributed by atoms with Crippen molar-refractivity contribution in [3.8, 4) is 5.75 Å². The SMILES string of the molecule is COc1ccc2c(c1)[C@H]1[C@H](CC2)[C@H]2CCC(C(C)=O)=C2C[Se]1=O. The zero-order chi connectivity index (χ0) is 16.1. The Balaban J connectivity index is 1.77. The predicted octanol–water partition coefficient (Wildman–Crippen LogP) is 3.61. The second-order valence-corrected chi connectivity index (χ2v) is 10.2. The van der Waals surface area contributed by atoms with Crippen LogP contribution in [0.4, 0.5) is 0 Å². The number of ketones is 1. The Morgan fingerprint density at radius 2 is 2.09 bits per heavy atom. The Labute approximate surface area is 141 Å². The standard InChI is InChI=1S/C19H22O3Se/c1-11(20)14-7-8-15-16-6-4-12-3-5-13(22-2)9-17(12)19(16)23(21)10-18(14)15/h3,5,9,15-16,19H,4,6-8,10H2,1-2H3/t15-,16-,19-,23?/m1/s1. The molecule has 0 aromatic heterocycles. The molecule has 2 aliphatic carbocycles. The van der Waals surface area contributed by atoms with E-state index in [0.29, 0.717) is 17.2 Å². The molecule has 4 heteroatoms. The average molecular weight is 377 g/mol. The van der Waals surface area contributed by atoms with Crippen molar-refractivity contribution >= 4 is 19.6 Å². The molecule has 3 nitrogen and oxygen atoms in total. The summed E-state index contributed by atoms with van der Waals surface area (Å²) in [5.74, 6) is 1.99. The average Bonchev–Trinajstić information content (AvgIpc) is 2.97. The Morgan fingerprint density at radius 1 is 1.26 bits per heavy atom. The summed E-state index contributed by atoms with van der Waals surface area (Å²) in [6.07, 6.45) is 4.12. The molecule has 1 saturated heterocycles. The summed E-state index contributed by atoms with van der Waals surface area (Å²) in [6.45, 7) is 1.66. The number of ether oxygens (including phenoxy) is 1. The third kappa shape index (κ3) is 2.35. The van der Waals surface area contributed by atoms with Gasteiger partial charge in [0.15, 0.2) is 0 Å². The summed E-state index contributed by atoms with van der Waals surface area (Å²) < 4.78 is 18.5. The van der Waals surface area contributed by atoms with E-state index in [1.165, 1.54) is 16.7 Å². The Bertz CT molecular complexity index is 734. The molecule has 1 aliphatic heterocycles. The van der Waals surface area contributed by atoms with E-state index >= 15 is 0 Å². The van der Waals surface area contributed by atoms with Gasteiger partial charge in [0.1, 0.15) is 0 Å². The first-order valence-electron chi connectivity index (χ1n) is 8.37. The number of carbonyl (C=O) groups excluding carboxylic acids is 1. The van der Waals surface area contributed by atoms with E-state index in [1.54, 1.807) is 14.0 Å². The summed E-state index contributed by atoms with van der Waals surface area (Å²) in [7, 11) is 1.69. The van der Waals surface area contributed by atoms with Crippen LogP contribution in [-0.2, 0) is 15.1 Å². The van der Waals surface area contributed by atoms with Gasteiger partial charge in [-0.2, -0.15) is 0 Å². The number of hydrogen-bond donors (Lipinski definition) is 0. The van der Waals surface area contributed by atoms with Gasteiger partial charge in [0.25, 0.3) is 0 Å². The normalized spacial score (nSPS) is 32.1. The van der Waals surface area contributed by atoms with Crippen LogP contribution in [0.1, 0.15) is 42.1 Å². The second kappa shape index (κ2) is 5.68. The van der Waals surface area contributed by atoms with Crippen molar-refractivity contribution in [2.75, 3.05) is 7.11 Å². The number of methoxy groups -OCH3 is 1. The molecule has 1 heterocycles. The number of aryl methyl sites for hydroxylation is 1. The number of hydrogen-bond acceptors (Lipinski definition) is 3. The first-order valence-corrected chi connectivity index (χ1v) is 11.3. The van der Waals surface area contributed by atoms with Crippen LogP contribution >= 0.6 is 0 Å². The van der Waals surface area contributed by atoms with Gasteiger partial charge < -0.3 is 0 Å². The third-order valence-corrected chi connectivity index (χ3v) is 9.56. The van der Waals surface area contributed by atoms with Gasteiger partial charge in [-0.1, -0.05) is 0 Å². The van der Waals surface area contributed by atoms with E-state index in [4.69, 9.17) is 4.74 Å². The summed E-state index contributed by atoms with van der Waals surface area (Å²) in [5.41, 5.74) is 4.85. The number of fused-ring (bicyclic) bond motifs is 5. The van der Waals surface area contributed by atoms with Crippen LogP contribution in [0.25, 0.3) is 0 Å². The van der Waals surface area contributed by atoms with E-state index in [2.05, 4.69) is 12.1 Å². The predicted molar refractivity (Wildman–Crippen MR) is 89.2 cm³/mol. The molecule has 1 aromatic carbocycles. The number of benzene rings is 1. The fourth-order valence-electron chi connectivity index (χ4n) is 4.82. The Kier molecular flexibility index (Phi) is 3.77. The molecule has 0 bridgehead atoms. The van der Waals surface area contributed by atoms with Crippen molar-refractivity contribution in [1.29, 1.82) is 0 Å².